The van der Waals surface area contributed by atoms with Crippen LogP contribution >= 0.6 is 0 Å². The van der Waals surface area contributed by atoms with Gasteiger partial charge in [-0.25, -0.2) is 19.9 Å². The lowest BCUT2D eigenvalue weighted by molar-refractivity contribution is 0.249. The van der Waals surface area contributed by atoms with Crippen molar-refractivity contribution in [2.75, 3.05) is 38.2 Å². The molecule has 7 nitrogen and oxygen atoms in total. The van der Waals surface area contributed by atoms with Gasteiger partial charge in [0.2, 0.25) is 5.88 Å². The van der Waals surface area contributed by atoms with E-state index in [2.05, 4.69) is 41.9 Å². The van der Waals surface area contributed by atoms with Crippen LogP contribution in [0, 0.1) is 0 Å². The van der Waals surface area contributed by atoms with Crippen molar-refractivity contribution in [3.8, 4) is 5.88 Å². The highest BCUT2D eigenvalue weighted by Crippen LogP contribution is 2.37. The molecule has 1 aliphatic heterocycles. The van der Waals surface area contributed by atoms with Crippen molar-refractivity contribution in [1.82, 2.24) is 24.8 Å². The molecule has 3 aromatic rings. The Kier molecular flexibility index (Phi) is 4.52. The highest BCUT2D eigenvalue weighted by molar-refractivity contribution is 5.86. The Hall–Kier alpha value is -2.80. The summed E-state index contributed by atoms with van der Waals surface area (Å²) in [5, 5.41) is 0.956. The molecule has 1 aromatic carbocycles. The first kappa shape index (κ1) is 17.3. The molecule has 144 valence electrons. The number of benzene rings is 1. The zero-order valence-corrected chi connectivity index (χ0v) is 16.1. The van der Waals surface area contributed by atoms with Gasteiger partial charge in [-0.3, -0.25) is 4.90 Å². The molecule has 3 heterocycles. The van der Waals surface area contributed by atoms with Crippen LogP contribution < -0.4 is 9.64 Å². The summed E-state index contributed by atoms with van der Waals surface area (Å²) in [5.74, 6) is 2.26. The fourth-order valence-corrected chi connectivity index (χ4v) is 3.80. The van der Waals surface area contributed by atoms with E-state index in [0.717, 1.165) is 49.5 Å². The predicted octanol–water partition coefficient (Wildman–Crippen LogP) is 2.63. The van der Waals surface area contributed by atoms with Gasteiger partial charge in [0.1, 0.15) is 12.2 Å². The van der Waals surface area contributed by atoms with Crippen molar-refractivity contribution in [3.63, 3.8) is 0 Å². The maximum atomic E-state index is 5.39. The minimum atomic E-state index is 0.614. The Morgan fingerprint density at radius 2 is 1.79 bits per heavy atom. The average Bonchev–Trinajstić information content (AvgIpc) is 3.59. The smallest absolute Gasteiger partial charge is 0.224 e. The number of fused-ring (bicyclic) bond motifs is 1. The van der Waals surface area contributed by atoms with Gasteiger partial charge in [-0.1, -0.05) is 0 Å². The normalized spacial score (nSPS) is 17.8. The average molecular weight is 376 g/mol. The number of hydrogen-bond donors (Lipinski definition) is 0. The maximum absolute atomic E-state index is 5.39. The fourth-order valence-electron chi connectivity index (χ4n) is 3.80. The van der Waals surface area contributed by atoms with Crippen LogP contribution in [0.4, 0.5) is 5.69 Å². The van der Waals surface area contributed by atoms with Gasteiger partial charge in [-0.2, -0.15) is 0 Å². The van der Waals surface area contributed by atoms with Gasteiger partial charge < -0.3 is 9.64 Å². The van der Waals surface area contributed by atoms with E-state index >= 15 is 0 Å². The topological polar surface area (TPSA) is 67.3 Å². The van der Waals surface area contributed by atoms with Crippen molar-refractivity contribution < 1.29 is 4.74 Å². The number of hydrogen-bond acceptors (Lipinski definition) is 7. The van der Waals surface area contributed by atoms with Gasteiger partial charge in [0.25, 0.3) is 0 Å². The maximum Gasteiger partial charge on any atom is 0.224 e. The van der Waals surface area contributed by atoms with Crippen LogP contribution in [0.5, 0.6) is 5.88 Å². The second-order valence-electron chi connectivity index (χ2n) is 7.57. The van der Waals surface area contributed by atoms with Gasteiger partial charge in [0.05, 0.1) is 18.0 Å². The third-order valence-electron chi connectivity index (χ3n) is 5.59. The van der Waals surface area contributed by atoms with Crippen LogP contribution in [-0.2, 0) is 6.54 Å². The van der Waals surface area contributed by atoms with Gasteiger partial charge >= 0.3 is 0 Å². The number of anilines is 1. The van der Waals surface area contributed by atoms with Crippen molar-refractivity contribution in [1.29, 1.82) is 0 Å². The number of aromatic nitrogens is 4. The summed E-state index contributed by atoms with van der Waals surface area (Å²) >= 11 is 0. The third-order valence-corrected chi connectivity index (χ3v) is 5.59. The Balaban J connectivity index is 1.23. The SMILES string of the molecule is COc1ncnc2ccc(N3CCN(Cc4cnc(C5CC5)nc4)CC3)cc12. The Morgan fingerprint density at radius 1 is 1.00 bits per heavy atom. The second-order valence-corrected chi connectivity index (χ2v) is 7.57. The molecule has 0 bridgehead atoms. The Labute approximate surface area is 164 Å². The van der Waals surface area contributed by atoms with Crippen molar-refractivity contribution in [2.24, 2.45) is 0 Å². The first-order chi connectivity index (χ1) is 13.8. The lowest BCUT2D eigenvalue weighted by Crippen LogP contribution is -2.46. The summed E-state index contributed by atoms with van der Waals surface area (Å²) in [6.45, 7) is 4.93. The van der Waals surface area contributed by atoms with Crippen LogP contribution in [0.25, 0.3) is 10.9 Å². The van der Waals surface area contributed by atoms with E-state index in [9.17, 15) is 0 Å². The molecule has 28 heavy (non-hydrogen) atoms. The molecule has 0 unspecified atom stereocenters. The van der Waals surface area contributed by atoms with Crippen LogP contribution in [0.3, 0.4) is 0 Å². The minimum Gasteiger partial charge on any atom is -0.480 e. The number of methoxy groups -OCH3 is 1. The van der Waals surface area contributed by atoms with Gasteiger partial charge in [-0.15, -0.1) is 0 Å². The standard InChI is InChI=1S/C21H24N6O/c1-28-21-18-10-17(4-5-19(18)24-14-25-21)27-8-6-26(7-9-27)13-15-11-22-20(23-12-15)16-2-3-16/h4-5,10-12,14,16H,2-3,6-9,13H2,1H3. The molecule has 1 saturated heterocycles. The fraction of sp³-hybridized carbons (Fsp3) is 0.429. The molecule has 0 spiro atoms. The Bertz CT molecular complexity index is 964. The molecule has 7 heteroatoms. The summed E-state index contributed by atoms with van der Waals surface area (Å²) in [7, 11) is 1.65. The Morgan fingerprint density at radius 3 is 2.50 bits per heavy atom. The quantitative estimate of drug-likeness (QED) is 0.678. The molecule has 0 N–H and O–H groups in total. The van der Waals surface area contributed by atoms with Gasteiger partial charge in [-0.05, 0) is 31.0 Å². The molecule has 2 fully saturated rings. The van der Waals surface area contributed by atoms with E-state index in [4.69, 9.17) is 4.74 Å². The zero-order chi connectivity index (χ0) is 18.9. The number of piperazine rings is 1. The molecule has 1 saturated carbocycles. The highest BCUT2D eigenvalue weighted by Gasteiger charge is 2.26. The van der Waals surface area contributed by atoms with E-state index in [1.165, 1.54) is 24.1 Å². The number of ether oxygens (including phenoxy) is 1. The zero-order valence-electron chi connectivity index (χ0n) is 16.1. The second kappa shape index (κ2) is 7.31. The predicted molar refractivity (Wildman–Crippen MR) is 108 cm³/mol. The molecule has 0 radical (unpaired) electrons. The highest BCUT2D eigenvalue weighted by atomic mass is 16.5. The van der Waals surface area contributed by atoms with E-state index in [1.54, 1.807) is 13.4 Å². The van der Waals surface area contributed by atoms with Crippen molar-refractivity contribution in [2.45, 2.75) is 25.3 Å². The van der Waals surface area contributed by atoms with E-state index in [0.29, 0.717) is 11.8 Å². The molecule has 0 amide bonds. The van der Waals surface area contributed by atoms with Crippen LogP contribution in [0.2, 0.25) is 0 Å². The first-order valence-electron chi connectivity index (χ1n) is 9.87. The molecule has 2 aliphatic rings. The summed E-state index contributed by atoms with van der Waals surface area (Å²) in [6, 6.07) is 6.31. The largest absolute Gasteiger partial charge is 0.480 e. The summed E-state index contributed by atoms with van der Waals surface area (Å²) < 4.78 is 5.39. The van der Waals surface area contributed by atoms with Crippen LogP contribution in [0.15, 0.2) is 36.9 Å². The summed E-state index contributed by atoms with van der Waals surface area (Å²) in [4.78, 5) is 22.5. The van der Waals surface area contributed by atoms with E-state index in [-0.39, 0.29) is 0 Å². The summed E-state index contributed by atoms with van der Waals surface area (Å²) in [6.07, 6.45) is 8.04. The lowest BCUT2D eigenvalue weighted by atomic mass is 10.1. The van der Waals surface area contributed by atoms with Crippen molar-refractivity contribution in [3.05, 3.63) is 48.3 Å². The number of rotatable bonds is 5. The first-order valence-corrected chi connectivity index (χ1v) is 9.87. The molecule has 1 aliphatic carbocycles. The minimum absolute atomic E-state index is 0.614. The monoisotopic (exact) mass is 376 g/mol. The van der Waals surface area contributed by atoms with Crippen LogP contribution in [-0.4, -0.2) is 58.1 Å². The molecule has 5 rings (SSSR count). The van der Waals surface area contributed by atoms with E-state index in [1.807, 2.05) is 18.5 Å². The molecule has 0 atom stereocenters. The van der Waals surface area contributed by atoms with Crippen molar-refractivity contribution >= 4 is 16.6 Å². The molecule has 2 aromatic heterocycles. The summed E-state index contributed by atoms with van der Waals surface area (Å²) in [5.41, 5.74) is 3.30. The van der Waals surface area contributed by atoms with Gasteiger partial charge in [0, 0.05) is 62.3 Å². The molecular formula is C21H24N6O. The van der Waals surface area contributed by atoms with Gasteiger partial charge in [0.15, 0.2) is 0 Å². The third kappa shape index (κ3) is 3.49. The molecular weight excluding hydrogens is 352 g/mol. The van der Waals surface area contributed by atoms with Crippen LogP contribution in [0.1, 0.15) is 30.1 Å². The lowest BCUT2D eigenvalue weighted by Gasteiger charge is -2.36. The van der Waals surface area contributed by atoms with E-state index < -0.39 is 0 Å². The number of nitrogens with zero attached hydrogens (tertiary/aromatic N) is 6.